The van der Waals surface area contributed by atoms with Crippen LogP contribution in [-0.2, 0) is 10.3 Å². The topological polar surface area (TPSA) is 18.5 Å². The molecule has 0 heterocycles. The Morgan fingerprint density at radius 3 is 1.80 bits per heavy atom. The average Bonchev–Trinajstić information content (AvgIpc) is 2.25. The largest absolute Gasteiger partial charge is 0.488 e. The Labute approximate surface area is 117 Å². The zero-order chi connectivity index (χ0) is 15.6. The van der Waals surface area contributed by atoms with Crippen LogP contribution in [0.4, 0.5) is 13.2 Å². The van der Waals surface area contributed by atoms with E-state index in [0.717, 1.165) is 0 Å². The van der Waals surface area contributed by atoms with Crippen molar-refractivity contribution in [2.75, 3.05) is 7.11 Å². The molecular formula is C15H21F3O2. The predicted molar refractivity (Wildman–Crippen MR) is 71.9 cm³/mol. The SMILES string of the molecule is COC(C)(CC(F)(F)F)c1ccc(OC(C)(C)C)cc1. The molecule has 0 bridgehead atoms. The van der Waals surface area contributed by atoms with Crippen molar-refractivity contribution in [3.05, 3.63) is 29.8 Å². The van der Waals surface area contributed by atoms with Gasteiger partial charge in [0.2, 0.25) is 0 Å². The summed E-state index contributed by atoms with van der Waals surface area (Å²) in [4.78, 5) is 0. The standard InChI is InChI=1S/C15H21F3O2/c1-13(2,3)20-12-8-6-11(7-9-12)14(4,19-5)10-15(16,17)18/h6-9H,10H2,1-5H3. The molecule has 0 amide bonds. The molecule has 114 valence electrons. The first-order valence-corrected chi connectivity index (χ1v) is 6.37. The molecule has 1 atom stereocenters. The van der Waals surface area contributed by atoms with Gasteiger partial charge in [0.05, 0.1) is 12.0 Å². The number of hydrogen-bond acceptors (Lipinski definition) is 2. The van der Waals surface area contributed by atoms with Crippen LogP contribution in [0.1, 0.15) is 39.7 Å². The van der Waals surface area contributed by atoms with Crippen LogP contribution in [0.25, 0.3) is 0 Å². The van der Waals surface area contributed by atoms with Crippen molar-refractivity contribution >= 4 is 0 Å². The lowest BCUT2D eigenvalue weighted by molar-refractivity contribution is -0.181. The monoisotopic (exact) mass is 290 g/mol. The van der Waals surface area contributed by atoms with Gasteiger partial charge in [-0.2, -0.15) is 13.2 Å². The molecule has 0 aromatic heterocycles. The molecule has 1 rings (SSSR count). The first kappa shape index (κ1) is 16.8. The van der Waals surface area contributed by atoms with Crippen LogP contribution in [0.2, 0.25) is 0 Å². The third-order valence-corrected chi connectivity index (χ3v) is 2.88. The highest BCUT2D eigenvalue weighted by Gasteiger charge is 2.40. The van der Waals surface area contributed by atoms with Gasteiger partial charge in [-0.1, -0.05) is 12.1 Å². The number of ether oxygens (including phenoxy) is 2. The number of hydrogen-bond donors (Lipinski definition) is 0. The van der Waals surface area contributed by atoms with Gasteiger partial charge in [0.15, 0.2) is 0 Å². The lowest BCUT2D eigenvalue weighted by Gasteiger charge is -2.30. The summed E-state index contributed by atoms with van der Waals surface area (Å²) in [5.41, 5.74) is -1.27. The van der Waals surface area contributed by atoms with Crippen LogP contribution in [0, 0.1) is 0 Å². The molecule has 1 unspecified atom stereocenters. The van der Waals surface area contributed by atoms with Crippen LogP contribution in [0.5, 0.6) is 5.75 Å². The minimum absolute atomic E-state index is 0.349. The number of methoxy groups -OCH3 is 1. The van der Waals surface area contributed by atoms with Gasteiger partial charge in [-0.25, -0.2) is 0 Å². The number of rotatable bonds is 4. The second-order valence-electron chi connectivity index (χ2n) is 5.97. The van der Waals surface area contributed by atoms with Gasteiger partial charge in [-0.15, -0.1) is 0 Å². The molecule has 0 aliphatic carbocycles. The minimum atomic E-state index is -4.29. The normalized spacial score (nSPS) is 15.8. The van der Waals surface area contributed by atoms with E-state index < -0.39 is 18.2 Å². The van der Waals surface area contributed by atoms with Gasteiger partial charge >= 0.3 is 6.18 Å². The molecule has 0 saturated carbocycles. The zero-order valence-electron chi connectivity index (χ0n) is 12.5. The smallest absolute Gasteiger partial charge is 0.392 e. The summed E-state index contributed by atoms with van der Waals surface area (Å²) in [5, 5.41) is 0. The van der Waals surface area contributed by atoms with Gasteiger partial charge in [-0.05, 0) is 45.4 Å². The molecule has 5 heteroatoms. The Kier molecular flexibility index (Phi) is 4.74. The number of halogens is 3. The van der Waals surface area contributed by atoms with E-state index >= 15 is 0 Å². The quantitative estimate of drug-likeness (QED) is 0.801. The molecule has 0 spiro atoms. The van der Waals surface area contributed by atoms with Crippen LogP contribution in [0.15, 0.2) is 24.3 Å². The lowest BCUT2D eigenvalue weighted by Crippen LogP contribution is -2.31. The zero-order valence-corrected chi connectivity index (χ0v) is 12.5. The fourth-order valence-corrected chi connectivity index (χ4v) is 1.90. The van der Waals surface area contributed by atoms with E-state index in [2.05, 4.69) is 0 Å². The maximum atomic E-state index is 12.6. The van der Waals surface area contributed by atoms with Crippen molar-refractivity contribution in [2.45, 2.75) is 51.5 Å². The molecule has 0 aliphatic rings. The molecule has 1 aromatic rings. The van der Waals surface area contributed by atoms with E-state index in [4.69, 9.17) is 9.47 Å². The predicted octanol–water partition coefficient (Wildman–Crippen LogP) is 4.68. The van der Waals surface area contributed by atoms with E-state index in [-0.39, 0.29) is 5.60 Å². The van der Waals surface area contributed by atoms with Crippen LogP contribution >= 0.6 is 0 Å². The molecule has 0 radical (unpaired) electrons. The summed E-state index contributed by atoms with van der Waals surface area (Å²) < 4.78 is 48.6. The van der Waals surface area contributed by atoms with E-state index in [0.29, 0.717) is 11.3 Å². The first-order valence-electron chi connectivity index (χ1n) is 6.37. The average molecular weight is 290 g/mol. The third-order valence-electron chi connectivity index (χ3n) is 2.88. The summed E-state index contributed by atoms with van der Waals surface area (Å²) in [7, 11) is 1.28. The van der Waals surface area contributed by atoms with Gasteiger partial charge in [0.1, 0.15) is 11.4 Å². The Balaban J connectivity index is 2.95. The fourth-order valence-electron chi connectivity index (χ4n) is 1.90. The summed E-state index contributed by atoms with van der Waals surface area (Å²) in [6.07, 6.45) is -5.32. The molecule has 2 nitrogen and oxygen atoms in total. The van der Waals surface area contributed by atoms with E-state index in [9.17, 15) is 13.2 Å². The Bertz CT molecular complexity index is 432. The van der Waals surface area contributed by atoms with Crippen molar-refractivity contribution in [3.8, 4) is 5.75 Å². The van der Waals surface area contributed by atoms with Crippen LogP contribution in [-0.4, -0.2) is 18.9 Å². The van der Waals surface area contributed by atoms with E-state index in [1.165, 1.54) is 14.0 Å². The lowest BCUT2D eigenvalue weighted by atomic mass is 9.92. The third kappa shape index (κ3) is 5.04. The van der Waals surface area contributed by atoms with Crippen molar-refractivity contribution in [2.24, 2.45) is 0 Å². The number of benzene rings is 1. The molecule has 0 N–H and O–H groups in total. The van der Waals surface area contributed by atoms with Crippen molar-refractivity contribution in [3.63, 3.8) is 0 Å². The highest BCUT2D eigenvalue weighted by molar-refractivity contribution is 5.31. The van der Waals surface area contributed by atoms with Gasteiger partial charge < -0.3 is 9.47 Å². The maximum Gasteiger partial charge on any atom is 0.392 e. The van der Waals surface area contributed by atoms with Gasteiger partial charge in [0, 0.05) is 7.11 Å². The second kappa shape index (κ2) is 5.64. The van der Waals surface area contributed by atoms with Gasteiger partial charge in [-0.3, -0.25) is 0 Å². The summed E-state index contributed by atoms with van der Waals surface area (Å²) in [6.45, 7) is 7.15. The summed E-state index contributed by atoms with van der Waals surface area (Å²) in [6, 6.07) is 6.54. The van der Waals surface area contributed by atoms with E-state index in [1.54, 1.807) is 24.3 Å². The van der Waals surface area contributed by atoms with Crippen molar-refractivity contribution in [1.82, 2.24) is 0 Å². The van der Waals surface area contributed by atoms with E-state index in [1.807, 2.05) is 20.8 Å². The fraction of sp³-hybridized carbons (Fsp3) is 0.600. The molecule has 0 aliphatic heterocycles. The minimum Gasteiger partial charge on any atom is -0.488 e. The molecular weight excluding hydrogens is 269 g/mol. The van der Waals surface area contributed by atoms with Crippen molar-refractivity contribution < 1.29 is 22.6 Å². The Morgan fingerprint density at radius 1 is 0.950 bits per heavy atom. The second-order valence-corrected chi connectivity index (χ2v) is 5.97. The molecule has 0 fully saturated rings. The van der Waals surface area contributed by atoms with Crippen LogP contribution in [0.3, 0.4) is 0 Å². The highest BCUT2D eigenvalue weighted by Crippen LogP contribution is 2.37. The van der Waals surface area contributed by atoms with Crippen molar-refractivity contribution in [1.29, 1.82) is 0 Å². The first-order chi connectivity index (χ1) is 8.95. The molecule has 1 aromatic carbocycles. The highest BCUT2D eigenvalue weighted by atomic mass is 19.4. The van der Waals surface area contributed by atoms with Crippen LogP contribution < -0.4 is 4.74 Å². The summed E-state index contributed by atoms with van der Waals surface area (Å²) in [5.74, 6) is 0.617. The summed E-state index contributed by atoms with van der Waals surface area (Å²) >= 11 is 0. The maximum absolute atomic E-state index is 12.6. The Hall–Kier alpha value is -1.23. The Morgan fingerprint density at radius 2 is 1.45 bits per heavy atom. The molecule has 20 heavy (non-hydrogen) atoms. The van der Waals surface area contributed by atoms with Gasteiger partial charge in [0.25, 0.3) is 0 Å². The number of alkyl halides is 3. The molecule has 0 saturated heterocycles.